The van der Waals surface area contributed by atoms with Crippen LogP contribution in [0.5, 0.6) is 0 Å². The van der Waals surface area contributed by atoms with Crippen LogP contribution in [-0.4, -0.2) is 30.1 Å². The zero-order chi connectivity index (χ0) is 12.3. The van der Waals surface area contributed by atoms with Crippen LogP contribution in [0.2, 0.25) is 0 Å². The molecule has 4 nitrogen and oxygen atoms in total. The predicted molar refractivity (Wildman–Crippen MR) is 69.0 cm³/mol. The molecule has 1 fully saturated rings. The van der Waals surface area contributed by atoms with Crippen LogP contribution in [0.1, 0.15) is 18.4 Å². The number of hydrogen-bond acceptors (Lipinski definition) is 2. The largest absolute Gasteiger partial charge is 0.329 e. The summed E-state index contributed by atoms with van der Waals surface area (Å²) in [6.45, 7) is 3.15. The van der Waals surface area contributed by atoms with E-state index in [0.717, 1.165) is 24.1 Å². The molecule has 92 valence electrons. The van der Waals surface area contributed by atoms with E-state index < -0.39 is 0 Å². The lowest BCUT2D eigenvalue weighted by molar-refractivity contribution is 0.210. The molecule has 0 aromatic heterocycles. The van der Waals surface area contributed by atoms with Crippen molar-refractivity contribution in [1.82, 2.24) is 4.90 Å². The minimum atomic E-state index is -0.0384. The van der Waals surface area contributed by atoms with Crippen LogP contribution in [0.3, 0.4) is 0 Å². The smallest absolute Gasteiger partial charge is 0.322 e. The normalized spacial score (nSPS) is 14.5. The summed E-state index contributed by atoms with van der Waals surface area (Å²) < 4.78 is 0. The van der Waals surface area contributed by atoms with Gasteiger partial charge in [-0.05, 0) is 37.5 Å². The van der Waals surface area contributed by atoms with Gasteiger partial charge in [0.1, 0.15) is 0 Å². The summed E-state index contributed by atoms with van der Waals surface area (Å²) in [7, 11) is 0. The highest BCUT2D eigenvalue weighted by molar-refractivity contribution is 5.89. The van der Waals surface area contributed by atoms with E-state index in [1.54, 1.807) is 0 Å². The summed E-state index contributed by atoms with van der Waals surface area (Å²) in [4.78, 5) is 13.9. The summed E-state index contributed by atoms with van der Waals surface area (Å²) in [6.07, 6.45) is 2.20. The highest BCUT2D eigenvalue weighted by Crippen LogP contribution is 2.27. The lowest BCUT2D eigenvalue weighted by atomic mass is 10.2. The fraction of sp³-hybridized carbons (Fsp3) is 0.462. The highest BCUT2D eigenvalue weighted by Gasteiger charge is 2.31. The number of carbonyl (C=O) groups is 1. The maximum Gasteiger partial charge on any atom is 0.322 e. The van der Waals surface area contributed by atoms with E-state index in [0.29, 0.717) is 19.1 Å². The van der Waals surface area contributed by atoms with Crippen molar-refractivity contribution in [2.24, 2.45) is 5.73 Å². The van der Waals surface area contributed by atoms with Crippen molar-refractivity contribution in [1.29, 1.82) is 0 Å². The van der Waals surface area contributed by atoms with Gasteiger partial charge in [-0.1, -0.05) is 12.1 Å². The molecule has 1 aliphatic carbocycles. The third kappa shape index (κ3) is 3.20. The zero-order valence-electron chi connectivity index (χ0n) is 10.1. The van der Waals surface area contributed by atoms with Gasteiger partial charge in [-0.2, -0.15) is 0 Å². The second-order valence-electron chi connectivity index (χ2n) is 4.51. The number of carbonyl (C=O) groups excluding carboxylic acids is 1. The minimum absolute atomic E-state index is 0.0384. The molecule has 1 saturated carbocycles. The van der Waals surface area contributed by atoms with Crippen molar-refractivity contribution >= 4 is 11.7 Å². The first-order chi connectivity index (χ1) is 8.20. The lowest BCUT2D eigenvalue weighted by Crippen LogP contribution is -2.40. The van der Waals surface area contributed by atoms with E-state index in [2.05, 4.69) is 5.32 Å². The van der Waals surface area contributed by atoms with Gasteiger partial charge in [0.15, 0.2) is 0 Å². The maximum absolute atomic E-state index is 12.1. The van der Waals surface area contributed by atoms with Crippen molar-refractivity contribution < 1.29 is 4.79 Å². The van der Waals surface area contributed by atoms with Gasteiger partial charge in [0, 0.05) is 24.8 Å². The summed E-state index contributed by atoms with van der Waals surface area (Å²) in [6, 6.07) is 8.17. The molecule has 2 rings (SSSR count). The number of anilines is 1. The summed E-state index contributed by atoms with van der Waals surface area (Å²) in [5, 5.41) is 2.92. The first-order valence-electron chi connectivity index (χ1n) is 6.05. The highest BCUT2D eigenvalue weighted by atomic mass is 16.2. The number of rotatable bonds is 4. The molecule has 1 aromatic rings. The molecule has 3 N–H and O–H groups in total. The molecule has 0 saturated heterocycles. The first kappa shape index (κ1) is 11.9. The monoisotopic (exact) mass is 233 g/mol. The van der Waals surface area contributed by atoms with Crippen molar-refractivity contribution in [2.45, 2.75) is 25.8 Å². The molecular formula is C13H19N3O. The van der Waals surface area contributed by atoms with Crippen LogP contribution in [0, 0.1) is 6.92 Å². The van der Waals surface area contributed by atoms with Gasteiger partial charge in [0.25, 0.3) is 0 Å². The molecular weight excluding hydrogens is 214 g/mol. The molecule has 0 unspecified atom stereocenters. The van der Waals surface area contributed by atoms with Crippen LogP contribution in [0.25, 0.3) is 0 Å². The Morgan fingerprint density at radius 2 is 2.29 bits per heavy atom. The van der Waals surface area contributed by atoms with E-state index in [-0.39, 0.29) is 6.03 Å². The van der Waals surface area contributed by atoms with Crippen molar-refractivity contribution in [3.63, 3.8) is 0 Å². The number of nitrogens with zero attached hydrogens (tertiary/aromatic N) is 1. The predicted octanol–water partition coefficient (Wildman–Crippen LogP) is 1.95. The minimum Gasteiger partial charge on any atom is -0.329 e. The molecule has 17 heavy (non-hydrogen) atoms. The Morgan fingerprint density at radius 3 is 2.88 bits per heavy atom. The average Bonchev–Trinajstić information content (AvgIpc) is 3.09. The summed E-state index contributed by atoms with van der Waals surface area (Å²) >= 11 is 0. The van der Waals surface area contributed by atoms with E-state index in [1.165, 1.54) is 0 Å². The number of amides is 2. The number of nitrogens with two attached hydrogens (primary N) is 1. The molecule has 0 heterocycles. The van der Waals surface area contributed by atoms with E-state index >= 15 is 0 Å². The first-order valence-corrected chi connectivity index (χ1v) is 6.05. The Kier molecular flexibility index (Phi) is 3.64. The molecule has 1 aliphatic rings. The van der Waals surface area contributed by atoms with Gasteiger partial charge >= 0.3 is 6.03 Å². The van der Waals surface area contributed by atoms with Crippen molar-refractivity contribution in [2.75, 3.05) is 18.4 Å². The number of hydrogen-bond donors (Lipinski definition) is 2. The Balaban J connectivity index is 1.99. The van der Waals surface area contributed by atoms with Crippen LogP contribution in [-0.2, 0) is 0 Å². The average molecular weight is 233 g/mol. The van der Waals surface area contributed by atoms with Crippen molar-refractivity contribution in [3.8, 4) is 0 Å². The van der Waals surface area contributed by atoms with Gasteiger partial charge in [-0.25, -0.2) is 4.79 Å². The zero-order valence-corrected chi connectivity index (χ0v) is 10.1. The van der Waals surface area contributed by atoms with Gasteiger partial charge in [0.2, 0.25) is 0 Å². The Hall–Kier alpha value is -1.55. The van der Waals surface area contributed by atoms with Crippen LogP contribution >= 0.6 is 0 Å². The molecule has 0 aliphatic heterocycles. The number of aryl methyl sites for hydroxylation is 1. The topological polar surface area (TPSA) is 58.4 Å². The molecule has 1 aromatic carbocycles. The number of nitrogens with one attached hydrogen (secondary N) is 1. The molecule has 2 amide bonds. The molecule has 4 heteroatoms. The molecule has 0 spiro atoms. The Labute approximate surface area is 102 Å². The van der Waals surface area contributed by atoms with Gasteiger partial charge in [-0.3, -0.25) is 0 Å². The van der Waals surface area contributed by atoms with Gasteiger partial charge < -0.3 is 16.0 Å². The summed E-state index contributed by atoms with van der Waals surface area (Å²) in [5.41, 5.74) is 7.51. The van der Waals surface area contributed by atoms with Crippen molar-refractivity contribution in [3.05, 3.63) is 29.8 Å². The quantitative estimate of drug-likeness (QED) is 0.835. The molecule has 0 atom stereocenters. The van der Waals surface area contributed by atoms with Crippen LogP contribution in [0.15, 0.2) is 24.3 Å². The fourth-order valence-electron chi connectivity index (χ4n) is 1.89. The maximum atomic E-state index is 12.1. The number of benzene rings is 1. The fourth-order valence-corrected chi connectivity index (χ4v) is 1.89. The van der Waals surface area contributed by atoms with Crippen LogP contribution < -0.4 is 11.1 Å². The Bertz CT molecular complexity index is 401. The SMILES string of the molecule is Cc1cccc(NC(=O)N(CCN)C2CC2)c1. The second kappa shape index (κ2) is 5.19. The molecule has 0 radical (unpaired) electrons. The van der Waals surface area contributed by atoms with Gasteiger partial charge in [0.05, 0.1) is 0 Å². The standard InChI is InChI=1S/C13H19N3O/c1-10-3-2-4-11(9-10)15-13(17)16(8-7-14)12-5-6-12/h2-4,9,12H,5-8,14H2,1H3,(H,15,17). The third-order valence-electron chi connectivity index (χ3n) is 2.89. The van der Waals surface area contributed by atoms with Crippen LogP contribution in [0.4, 0.5) is 10.5 Å². The molecule has 0 bridgehead atoms. The second-order valence-corrected chi connectivity index (χ2v) is 4.51. The number of urea groups is 1. The van der Waals surface area contributed by atoms with Gasteiger partial charge in [-0.15, -0.1) is 0 Å². The lowest BCUT2D eigenvalue weighted by Gasteiger charge is -2.22. The van der Waals surface area contributed by atoms with E-state index in [1.807, 2.05) is 36.1 Å². The van der Waals surface area contributed by atoms with E-state index in [4.69, 9.17) is 5.73 Å². The Morgan fingerprint density at radius 1 is 1.53 bits per heavy atom. The summed E-state index contributed by atoms with van der Waals surface area (Å²) in [5.74, 6) is 0. The third-order valence-corrected chi connectivity index (χ3v) is 2.89. The van der Waals surface area contributed by atoms with E-state index in [9.17, 15) is 4.79 Å².